The summed E-state index contributed by atoms with van der Waals surface area (Å²) in [5.74, 6) is -0.336. The summed E-state index contributed by atoms with van der Waals surface area (Å²) < 4.78 is 5.22. The minimum absolute atomic E-state index is 0.336. The second-order valence-corrected chi connectivity index (χ2v) is 7.17. The van der Waals surface area contributed by atoms with Crippen molar-refractivity contribution >= 4 is 45.9 Å². The Labute approximate surface area is 141 Å². The normalized spacial score (nSPS) is 11.6. The third-order valence-electron chi connectivity index (χ3n) is 2.75. The lowest BCUT2D eigenvalue weighted by atomic mass is 10.2. The molecule has 1 aromatic heterocycles. The van der Waals surface area contributed by atoms with Crippen molar-refractivity contribution in [3.8, 4) is 0 Å². The predicted molar refractivity (Wildman–Crippen MR) is 91.1 cm³/mol. The minimum Gasteiger partial charge on any atom is -0.468 e. The molecule has 0 aliphatic heterocycles. The standard InChI is InChI=1S/C14H16N4O3S2/c1-8-4-6-10(7-5-8)15-12(20)16-13-17-18-14(23-13)22-9(2)11(19)21-3/h4-7,9H,1-3H3,(H2,15,16,17,20)/t9-/m1/s1. The summed E-state index contributed by atoms with van der Waals surface area (Å²) in [6, 6.07) is 7.04. The van der Waals surface area contributed by atoms with E-state index in [9.17, 15) is 9.59 Å². The average Bonchev–Trinajstić information content (AvgIpc) is 2.95. The fraction of sp³-hybridized carbons (Fsp3) is 0.286. The number of nitrogens with one attached hydrogen (secondary N) is 2. The van der Waals surface area contributed by atoms with Gasteiger partial charge in [-0.15, -0.1) is 10.2 Å². The quantitative estimate of drug-likeness (QED) is 0.488. The van der Waals surface area contributed by atoms with Gasteiger partial charge in [0.2, 0.25) is 5.13 Å². The molecule has 2 aromatic rings. The number of benzene rings is 1. The van der Waals surface area contributed by atoms with E-state index in [2.05, 4.69) is 25.6 Å². The van der Waals surface area contributed by atoms with Crippen LogP contribution in [0.25, 0.3) is 0 Å². The number of urea groups is 1. The van der Waals surface area contributed by atoms with Crippen LogP contribution in [0, 0.1) is 6.92 Å². The number of carbonyl (C=O) groups excluding carboxylic acids is 2. The summed E-state index contributed by atoms with van der Waals surface area (Å²) in [6.07, 6.45) is 0. The van der Waals surface area contributed by atoms with Gasteiger partial charge in [0, 0.05) is 5.69 Å². The molecule has 1 atom stereocenters. The van der Waals surface area contributed by atoms with Crippen LogP contribution >= 0.6 is 23.1 Å². The molecular weight excluding hydrogens is 336 g/mol. The van der Waals surface area contributed by atoms with Gasteiger partial charge in [0.1, 0.15) is 5.25 Å². The number of esters is 1. The first kappa shape index (κ1) is 17.2. The molecule has 0 radical (unpaired) electrons. The molecule has 2 rings (SSSR count). The summed E-state index contributed by atoms with van der Waals surface area (Å²) >= 11 is 2.42. The highest BCUT2D eigenvalue weighted by Gasteiger charge is 2.18. The Balaban J connectivity index is 1.89. The largest absolute Gasteiger partial charge is 0.468 e. The zero-order valence-corrected chi connectivity index (χ0v) is 14.5. The molecule has 0 unspecified atom stereocenters. The van der Waals surface area contributed by atoms with Gasteiger partial charge in [-0.05, 0) is 26.0 Å². The van der Waals surface area contributed by atoms with Crippen LogP contribution in [0.5, 0.6) is 0 Å². The zero-order valence-electron chi connectivity index (χ0n) is 12.8. The minimum atomic E-state index is -0.400. The fourth-order valence-electron chi connectivity index (χ4n) is 1.57. The number of amides is 2. The lowest BCUT2D eigenvalue weighted by Crippen LogP contribution is -2.19. The van der Waals surface area contributed by atoms with Gasteiger partial charge < -0.3 is 10.1 Å². The van der Waals surface area contributed by atoms with Crippen LogP contribution in [-0.2, 0) is 9.53 Å². The van der Waals surface area contributed by atoms with Crippen molar-refractivity contribution in [1.82, 2.24) is 10.2 Å². The molecule has 0 bridgehead atoms. The van der Waals surface area contributed by atoms with Gasteiger partial charge in [-0.1, -0.05) is 40.8 Å². The Hall–Kier alpha value is -2.13. The predicted octanol–water partition coefficient (Wildman–Crippen LogP) is 3.14. The number of hydrogen-bond acceptors (Lipinski definition) is 7. The first-order valence-electron chi connectivity index (χ1n) is 6.70. The highest BCUT2D eigenvalue weighted by atomic mass is 32.2. The third kappa shape index (κ3) is 5.22. The molecule has 0 aliphatic rings. The van der Waals surface area contributed by atoms with E-state index in [-0.39, 0.29) is 11.2 Å². The van der Waals surface area contributed by atoms with E-state index in [0.717, 1.165) is 5.56 Å². The fourth-order valence-corrected chi connectivity index (χ4v) is 3.49. The number of rotatable bonds is 5. The smallest absolute Gasteiger partial charge is 0.325 e. The van der Waals surface area contributed by atoms with Crippen molar-refractivity contribution in [2.45, 2.75) is 23.4 Å². The Morgan fingerprint density at radius 3 is 2.57 bits per heavy atom. The van der Waals surface area contributed by atoms with E-state index in [1.54, 1.807) is 6.92 Å². The summed E-state index contributed by atoms with van der Waals surface area (Å²) in [5, 5.41) is 13.1. The molecule has 0 saturated heterocycles. The molecule has 0 saturated carbocycles. The molecule has 0 fully saturated rings. The Bertz CT molecular complexity index is 688. The van der Waals surface area contributed by atoms with E-state index in [0.29, 0.717) is 15.2 Å². The van der Waals surface area contributed by atoms with Gasteiger partial charge in [0.25, 0.3) is 0 Å². The summed E-state index contributed by atoms with van der Waals surface area (Å²) in [7, 11) is 1.34. The topological polar surface area (TPSA) is 93.2 Å². The van der Waals surface area contributed by atoms with Crippen LogP contribution in [0.4, 0.5) is 15.6 Å². The monoisotopic (exact) mass is 352 g/mol. The number of thioether (sulfide) groups is 1. The van der Waals surface area contributed by atoms with Crippen molar-refractivity contribution in [3.63, 3.8) is 0 Å². The number of methoxy groups -OCH3 is 1. The van der Waals surface area contributed by atoms with Gasteiger partial charge >= 0.3 is 12.0 Å². The van der Waals surface area contributed by atoms with Gasteiger partial charge in [-0.25, -0.2) is 4.79 Å². The van der Waals surface area contributed by atoms with Crippen molar-refractivity contribution in [2.75, 3.05) is 17.7 Å². The maximum atomic E-state index is 11.9. The number of aromatic nitrogens is 2. The maximum Gasteiger partial charge on any atom is 0.325 e. The van der Waals surface area contributed by atoms with Crippen LogP contribution in [0.2, 0.25) is 0 Å². The molecule has 0 aliphatic carbocycles. The molecule has 9 heteroatoms. The Kier molecular flexibility index (Phi) is 5.94. The van der Waals surface area contributed by atoms with Crippen LogP contribution in [0.3, 0.4) is 0 Å². The number of carbonyl (C=O) groups is 2. The number of hydrogen-bond donors (Lipinski definition) is 2. The van der Waals surface area contributed by atoms with E-state index < -0.39 is 6.03 Å². The van der Waals surface area contributed by atoms with Crippen LogP contribution in [-0.4, -0.2) is 34.6 Å². The molecule has 122 valence electrons. The number of anilines is 2. The van der Waals surface area contributed by atoms with E-state index in [4.69, 9.17) is 0 Å². The second kappa shape index (κ2) is 7.93. The molecule has 1 aromatic carbocycles. The van der Waals surface area contributed by atoms with E-state index >= 15 is 0 Å². The molecule has 1 heterocycles. The number of ether oxygens (including phenoxy) is 1. The highest BCUT2D eigenvalue weighted by molar-refractivity contribution is 8.02. The number of nitrogens with zero attached hydrogens (tertiary/aromatic N) is 2. The van der Waals surface area contributed by atoms with Gasteiger partial charge in [-0.2, -0.15) is 0 Å². The molecule has 7 nitrogen and oxygen atoms in total. The molecule has 23 heavy (non-hydrogen) atoms. The summed E-state index contributed by atoms with van der Waals surface area (Å²) in [5.41, 5.74) is 1.80. The first-order chi connectivity index (χ1) is 11.0. The van der Waals surface area contributed by atoms with Crippen molar-refractivity contribution in [1.29, 1.82) is 0 Å². The van der Waals surface area contributed by atoms with Gasteiger partial charge in [0.05, 0.1) is 7.11 Å². The maximum absolute atomic E-state index is 11.9. The van der Waals surface area contributed by atoms with Crippen LogP contribution in [0.15, 0.2) is 28.6 Å². The van der Waals surface area contributed by atoms with E-state index in [1.807, 2.05) is 31.2 Å². The third-order valence-corrected chi connectivity index (χ3v) is 4.75. The summed E-state index contributed by atoms with van der Waals surface area (Å²) in [6.45, 7) is 3.69. The molecule has 2 amide bonds. The van der Waals surface area contributed by atoms with E-state index in [1.165, 1.54) is 30.2 Å². The van der Waals surface area contributed by atoms with Crippen molar-refractivity contribution in [3.05, 3.63) is 29.8 Å². The number of aryl methyl sites for hydroxylation is 1. The van der Waals surface area contributed by atoms with Gasteiger partial charge in [0.15, 0.2) is 4.34 Å². The first-order valence-corrected chi connectivity index (χ1v) is 8.40. The van der Waals surface area contributed by atoms with Crippen molar-refractivity contribution in [2.24, 2.45) is 0 Å². The van der Waals surface area contributed by atoms with Crippen LogP contribution < -0.4 is 10.6 Å². The lowest BCUT2D eigenvalue weighted by Gasteiger charge is -2.05. The van der Waals surface area contributed by atoms with Gasteiger partial charge in [-0.3, -0.25) is 10.1 Å². The Morgan fingerprint density at radius 2 is 1.91 bits per heavy atom. The zero-order chi connectivity index (χ0) is 16.8. The SMILES string of the molecule is COC(=O)[C@@H](C)Sc1nnc(NC(=O)Nc2ccc(C)cc2)s1. The second-order valence-electron chi connectivity index (χ2n) is 4.60. The Morgan fingerprint density at radius 1 is 1.22 bits per heavy atom. The average molecular weight is 352 g/mol. The summed E-state index contributed by atoms with van der Waals surface area (Å²) in [4.78, 5) is 23.3. The molecule has 0 spiro atoms. The highest BCUT2D eigenvalue weighted by Crippen LogP contribution is 2.29. The molecular formula is C14H16N4O3S2. The molecule has 2 N–H and O–H groups in total. The van der Waals surface area contributed by atoms with Crippen LogP contribution in [0.1, 0.15) is 12.5 Å². The van der Waals surface area contributed by atoms with Crippen molar-refractivity contribution < 1.29 is 14.3 Å². The lowest BCUT2D eigenvalue weighted by molar-refractivity contribution is -0.139.